The average molecular weight is 368 g/mol. The molecule has 0 spiro atoms. The van der Waals surface area contributed by atoms with Crippen LogP contribution in [0.5, 0.6) is 0 Å². The molecule has 0 radical (unpaired) electrons. The standard InChI is InChI=1S/C16H24N4O4S/c1-3-19(4-2)25(23,24)13-5-6-14-12(9-13)7-8-20(14)16(22)11-18-15(21)10-17/h5-6,9H,3-4,7-8,10-11,17H2,1-2H3,(H,18,21). The number of carbonyl (C=O) groups is 2. The van der Waals surface area contributed by atoms with Gasteiger partial charge in [0.05, 0.1) is 18.0 Å². The Morgan fingerprint density at radius 1 is 1.28 bits per heavy atom. The van der Waals surface area contributed by atoms with Gasteiger partial charge in [0.25, 0.3) is 0 Å². The van der Waals surface area contributed by atoms with E-state index in [0.717, 1.165) is 5.56 Å². The molecule has 1 aliphatic heterocycles. The zero-order chi connectivity index (χ0) is 18.6. The van der Waals surface area contributed by atoms with Gasteiger partial charge in [0, 0.05) is 25.3 Å². The lowest BCUT2D eigenvalue weighted by Crippen LogP contribution is -2.41. The van der Waals surface area contributed by atoms with Crippen molar-refractivity contribution in [2.75, 3.05) is 37.6 Å². The molecule has 138 valence electrons. The van der Waals surface area contributed by atoms with E-state index in [1.54, 1.807) is 30.9 Å². The zero-order valence-corrected chi connectivity index (χ0v) is 15.3. The van der Waals surface area contributed by atoms with E-state index in [-0.39, 0.29) is 23.9 Å². The Kier molecular flexibility index (Phi) is 6.15. The van der Waals surface area contributed by atoms with Crippen LogP contribution in [-0.2, 0) is 26.0 Å². The first kappa shape index (κ1) is 19.4. The van der Waals surface area contributed by atoms with Crippen LogP contribution in [0.4, 0.5) is 5.69 Å². The first-order chi connectivity index (χ1) is 11.8. The summed E-state index contributed by atoms with van der Waals surface area (Å²) in [5.41, 5.74) is 6.69. The van der Waals surface area contributed by atoms with Gasteiger partial charge in [-0.1, -0.05) is 13.8 Å². The first-order valence-electron chi connectivity index (χ1n) is 8.25. The van der Waals surface area contributed by atoms with Gasteiger partial charge < -0.3 is 16.0 Å². The van der Waals surface area contributed by atoms with Crippen LogP contribution < -0.4 is 16.0 Å². The van der Waals surface area contributed by atoms with Crippen molar-refractivity contribution >= 4 is 27.5 Å². The maximum atomic E-state index is 12.6. The third-order valence-electron chi connectivity index (χ3n) is 4.21. The molecule has 0 fully saturated rings. The second kappa shape index (κ2) is 7.94. The predicted octanol–water partition coefficient (Wildman–Crippen LogP) is -0.319. The SMILES string of the molecule is CCN(CC)S(=O)(=O)c1ccc2c(c1)CCN2C(=O)CNC(=O)CN. The van der Waals surface area contributed by atoms with Gasteiger partial charge in [-0.2, -0.15) is 4.31 Å². The lowest BCUT2D eigenvalue weighted by molar-refractivity contribution is -0.124. The minimum absolute atomic E-state index is 0.130. The third kappa shape index (κ3) is 4.00. The summed E-state index contributed by atoms with van der Waals surface area (Å²) in [6.45, 7) is 4.56. The quantitative estimate of drug-likeness (QED) is 0.685. The molecule has 25 heavy (non-hydrogen) atoms. The minimum atomic E-state index is -3.53. The molecule has 0 aliphatic carbocycles. The summed E-state index contributed by atoms with van der Waals surface area (Å²) in [5.74, 6) is -0.645. The fourth-order valence-corrected chi connectivity index (χ4v) is 4.36. The van der Waals surface area contributed by atoms with Crippen LogP contribution in [0, 0.1) is 0 Å². The summed E-state index contributed by atoms with van der Waals surface area (Å²) in [4.78, 5) is 25.2. The molecule has 0 saturated carbocycles. The Hall–Kier alpha value is -1.97. The molecule has 0 bridgehead atoms. The highest BCUT2D eigenvalue weighted by atomic mass is 32.2. The molecule has 0 saturated heterocycles. The number of nitrogens with zero attached hydrogens (tertiary/aromatic N) is 2. The van der Waals surface area contributed by atoms with E-state index in [4.69, 9.17) is 5.73 Å². The maximum absolute atomic E-state index is 12.6. The number of anilines is 1. The van der Waals surface area contributed by atoms with E-state index in [2.05, 4.69) is 5.32 Å². The van der Waals surface area contributed by atoms with E-state index in [9.17, 15) is 18.0 Å². The molecule has 2 rings (SSSR count). The van der Waals surface area contributed by atoms with Crippen molar-refractivity contribution in [1.82, 2.24) is 9.62 Å². The predicted molar refractivity (Wildman–Crippen MR) is 94.7 cm³/mol. The number of hydrogen-bond donors (Lipinski definition) is 2. The summed E-state index contributed by atoms with van der Waals surface area (Å²) in [6, 6.07) is 4.81. The maximum Gasteiger partial charge on any atom is 0.246 e. The fourth-order valence-electron chi connectivity index (χ4n) is 2.85. The van der Waals surface area contributed by atoms with E-state index in [0.29, 0.717) is 31.7 Å². The minimum Gasteiger partial charge on any atom is -0.346 e. The summed E-state index contributed by atoms with van der Waals surface area (Å²) in [5, 5.41) is 2.45. The van der Waals surface area contributed by atoms with Crippen LogP contribution >= 0.6 is 0 Å². The summed E-state index contributed by atoms with van der Waals surface area (Å²) in [7, 11) is -3.53. The third-order valence-corrected chi connectivity index (χ3v) is 6.26. The highest BCUT2D eigenvalue weighted by Gasteiger charge is 2.28. The molecule has 1 aromatic carbocycles. The molecular weight excluding hydrogens is 344 g/mol. The van der Waals surface area contributed by atoms with Gasteiger partial charge >= 0.3 is 0 Å². The lowest BCUT2D eigenvalue weighted by Gasteiger charge is -2.20. The molecule has 2 amide bonds. The van der Waals surface area contributed by atoms with Crippen molar-refractivity contribution in [1.29, 1.82) is 0 Å². The molecule has 8 nitrogen and oxygen atoms in total. The van der Waals surface area contributed by atoms with Gasteiger partial charge in [0.1, 0.15) is 0 Å². The molecule has 0 unspecified atom stereocenters. The second-order valence-electron chi connectivity index (χ2n) is 5.66. The molecule has 1 heterocycles. The number of hydrogen-bond acceptors (Lipinski definition) is 5. The van der Waals surface area contributed by atoms with Crippen LogP contribution in [0.25, 0.3) is 0 Å². The number of amides is 2. The van der Waals surface area contributed by atoms with Gasteiger partial charge in [-0.3, -0.25) is 9.59 Å². The van der Waals surface area contributed by atoms with Gasteiger partial charge in [-0.05, 0) is 30.2 Å². The molecule has 0 atom stereocenters. The van der Waals surface area contributed by atoms with Gasteiger partial charge in [0.15, 0.2) is 0 Å². The van der Waals surface area contributed by atoms with Crippen molar-refractivity contribution in [3.8, 4) is 0 Å². The van der Waals surface area contributed by atoms with Crippen molar-refractivity contribution < 1.29 is 18.0 Å². The van der Waals surface area contributed by atoms with Crippen LogP contribution in [0.15, 0.2) is 23.1 Å². The average Bonchev–Trinajstić information content (AvgIpc) is 3.03. The number of nitrogens with two attached hydrogens (primary N) is 1. The topological polar surface area (TPSA) is 113 Å². The molecule has 0 aromatic heterocycles. The lowest BCUT2D eigenvalue weighted by atomic mass is 10.2. The Morgan fingerprint density at radius 2 is 1.96 bits per heavy atom. The number of rotatable bonds is 7. The normalized spacial score (nSPS) is 13.8. The van der Waals surface area contributed by atoms with Gasteiger partial charge in [-0.15, -0.1) is 0 Å². The number of benzene rings is 1. The smallest absolute Gasteiger partial charge is 0.246 e. The second-order valence-corrected chi connectivity index (χ2v) is 7.59. The fraction of sp³-hybridized carbons (Fsp3) is 0.500. The number of fused-ring (bicyclic) bond motifs is 1. The Morgan fingerprint density at radius 3 is 2.56 bits per heavy atom. The Bertz CT molecular complexity index is 759. The van der Waals surface area contributed by atoms with E-state index < -0.39 is 15.9 Å². The van der Waals surface area contributed by atoms with Crippen molar-refractivity contribution in [2.45, 2.75) is 25.2 Å². The zero-order valence-electron chi connectivity index (χ0n) is 14.5. The van der Waals surface area contributed by atoms with Crippen LogP contribution in [0.1, 0.15) is 19.4 Å². The molecule has 1 aromatic rings. The molecule has 1 aliphatic rings. The van der Waals surface area contributed by atoms with Crippen LogP contribution in [0.2, 0.25) is 0 Å². The van der Waals surface area contributed by atoms with E-state index >= 15 is 0 Å². The first-order valence-corrected chi connectivity index (χ1v) is 9.69. The van der Waals surface area contributed by atoms with Crippen LogP contribution in [0.3, 0.4) is 0 Å². The molecular formula is C16H24N4O4S. The van der Waals surface area contributed by atoms with Gasteiger partial charge in [-0.25, -0.2) is 8.42 Å². The number of nitrogens with one attached hydrogen (secondary N) is 1. The Labute approximate surface area is 148 Å². The van der Waals surface area contributed by atoms with Gasteiger partial charge in [0.2, 0.25) is 21.8 Å². The Balaban J connectivity index is 2.20. The van der Waals surface area contributed by atoms with Crippen molar-refractivity contribution in [2.24, 2.45) is 5.73 Å². The monoisotopic (exact) mass is 368 g/mol. The highest BCUT2D eigenvalue weighted by Crippen LogP contribution is 2.31. The highest BCUT2D eigenvalue weighted by molar-refractivity contribution is 7.89. The molecule has 9 heteroatoms. The molecule has 3 N–H and O–H groups in total. The van der Waals surface area contributed by atoms with Crippen molar-refractivity contribution in [3.05, 3.63) is 23.8 Å². The summed E-state index contributed by atoms with van der Waals surface area (Å²) >= 11 is 0. The number of carbonyl (C=O) groups excluding carboxylic acids is 2. The number of sulfonamides is 1. The summed E-state index contributed by atoms with van der Waals surface area (Å²) < 4.78 is 26.6. The largest absolute Gasteiger partial charge is 0.346 e. The van der Waals surface area contributed by atoms with Crippen molar-refractivity contribution in [3.63, 3.8) is 0 Å². The van der Waals surface area contributed by atoms with E-state index in [1.165, 1.54) is 10.4 Å². The van der Waals surface area contributed by atoms with E-state index in [1.807, 2.05) is 0 Å². The van der Waals surface area contributed by atoms with Crippen LogP contribution in [-0.4, -0.2) is 57.3 Å². The summed E-state index contributed by atoms with van der Waals surface area (Å²) in [6.07, 6.45) is 0.577.